The second-order valence-electron chi connectivity index (χ2n) is 5.68. The summed E-state index contributed by atoms with van der Waals surface area (Å²) in [5.41, 5.74) is 1.90. The Balaban J connectivity index is 1.96. The molecule has 7 heteroatoms. The molecule has 0 fully saturated rings. The molecule has 0 aliphatic carbocycles. The zero-order valence-electron chi connectivity index (χ0n) is 13.2. The molecule has 0 aromatic heterocycles. The lowest BCUT2D eigenvalue weighted by molar-refractivity contribution is 0.226. The highest BCUT2D eigenvalue weighted by Crippen LogP contribution is 2.24. The van der Waals surface area contributed by atoms with Gasteiger partial charge in [0.1, 0.15) is 12.4 Å². The third kappa shape index (κ3) is 4.42. The Hall–Kier alpha value is -1.15. The van der Waals surface area contributed by atoms with Gasteiger partial charge in [-0.1, -0.05) is 6.07 Å². The monoisotopic (exact) mass is 328 g/mol. The molecular formula is C15H24N2O4S. The Morgan fingerprint density at radius 2 is 2.14 bits per heavy atom. The molecule has 1 N–H and O–H groups in total. The molecule has 0 unspecified atom stereocenters. The molecule has 22 heavy (non-hydrogen) atoms. The second-order valence-corrected chi connectivity index (χ2v) is 7.98. The number of hydrogen-bond acceptors (Lipinski definition) is 5. The van der Waals surface area contributed by atoms with E-state index in [-0.39, 0.29) is 12.4 Å². The van der Waals surface area contributed by atoms with Gasteiger partial charge >= 0.3 is 0 Å². The summed E-state index contributed by atoms with van der Waals surface area (Å²) >= 11 is 0. The Morgan fingerprint density at radius 3 is 2.82 bits per heavy atom. The van der Waals surface area contributed by atoms with E-state index in [1.807, 2.05) is 18.2 Å². The average Bonchev–Trinajstić information content (AvgIpc) is 2.67. The maximum Gasteiger partial charge on any atom is 0.213 e. The summed E-state index contributed by atoms with van der Waals surface area (Å²) in [5, 5.41) is 9.23. The van der Waals surface area contributed by atoms with Gasteiger partial charge in [-0.2, -0.15) is 0 Å². The maximum atomic E-state index is 11.8. The molecule has 1 aromatic carbocycles. The Bertz CT molecular complexity index is 602. The molecule has 6 nitrogen and oxygen atoms in total. The standard InChI is InChI=1S/C15H24N2O4S/c1-16(2)22(19,20)9-3-6-17-7-8-21-15-5-4-13(12-18)10-14(15)11-17/h4-5,10,18H,3,6-9,11-12H2,1-2H3. The van der Waals surface area contributed by atoms with Crippen LogP contribution in [-0.4, -0.2) is 62.3 Å². The van der Waals surface area contributed by atoms with E-state index in [0.717, 1.165) is 23.4 Å². The molecule has 0 saturated carbocycles. The Labute approximate surface area is 132 Å². The van der Waals surface area contributed by atoms with Crippen molar-refractivity contribution < 1.29 is 18.3 Å². The highest BCUT2D eigenvalue weighted by Gasteiger charge is 2.18. The minimum atomic E-state index is -3.14. The van der Waals surface area contributed by atoms with Crippen LogP contribution in [0.1, 0.15) is 17.5 Å². The third-order valence-electron chi connectivity index (χ3n) is 3.80. The minimum Gasteiger partial charge on any atom is -0.492 e. The first kappa shape index (κ1) is 17.2. The predicted molar refractivity (Wildman–Crippen MR) is 85.2 cm³/mol. The van der Waals surface area contributed by atoms with Gasteiger partial charge in [-0.25, -0.2) is 12.7 Å². The smallest absolute Gasteiger partial charge is 0.213 e. The topological polar surface area (TPSA) is 70.1 Å². The van der Waals surface area contributed by atoms with Crippen molar-refractivity contribution in [1.82, 2.24) is 9.21 Å². The van der Waals surface area contributed by atoms with Crippen LogP contribution >= 0.6 is 0 Å². The van der Waals surface area contributed by atoms with E-state index in [4.69, 9.17) is 4.74 Å². The molecular weight excluding hydrogens is 304 g/mol. The fourth-order valence-corrected chi connectivity index (χ4v) is 3.30. The molecule has 1 aliphatic heterocycles. The van der Waals surface area contributed by atoms with Gasteiger partial charge in [0.05, 0.1) is 12.4 Å². The van der Waals surface area contributed by atoms with Crippen molar-refractivity contribution in [1.29, 1.82) is 0 Å². The molecule has 1 heterocycles. The third-order valence-corrected chi connectivity index (χ3v) is 5.72. The van der Waals surface area contributed by atoms with Crippen LogP contribution < -0.4 is 4.74 Å². The number of nitrogens with zero attached hydrogens (tertiary/aromatic N) is 2. The highest BCUT2D eigenvalue weighted by atomic mass is 32.2. The summed E-state index contributed by atoms with van der Waals surface area (Å²) in [4.78, 5) is 2.19. The number of rotatable bonds is 6. The zero-order valence-corrected chi connectivity index (χ0v) is 14.0. The molecule has 1 aliphatic rings. The first-order chi connectivity index (χ1) is 10.4. The van der Waals surface area contributed by atoms with Crippen molar-refractivity contribution in [2.24, 2.45) is 0 Å². The van der Waals surface area contributed by atoms with Crippen LogP contribution in [0.4, 0.5) is 0 Å². The number of fused-ring (bicyclic) bond motifs is 1. The maximum absolute atomic E-state index is 11.8. The first-order valence-corrected chi connectivity index (χ1v) is 9.01. The van der Waals surface area contributed by atoms with Crippen LogP contribution in [0.5, 0.6) is 5.75 Å². The summed E-state index contributed by atoms with van der Waals surface area (Å²) in [7, 11) is -0.0223. The van der Waals surface area contributed by atoms with Crippen molar-refractivity contribution in [2.45, 2.75) is 19.6 Å². The Morgan fingerprint density at radius 1 is 1.36 bits per heavy atom. The average molecular weight is 328 g/mol. The van der Waals surface area contributed by atoms with Gasteiger partial charge in [0.2, 0.25) is 10.0 Å². The lowest BCUT2D eigenvalue weighted by Crippen LogP contribution is -2.30. The summed E-state index contributed by atoms with van der Waals surface area (Å²) < 4.78 is 30.5. The number of benzene rings is 1. The van der Waals surface area contributed by atoms with Gasteiger partial charge in [-0.15, -0.1) is 0 Å². The molecule has 2 rings (SSSR count). The van der Waals surface area contributed by atoms with Crippen LogP contribution in [0.2, 0.25) is 0 Å². The number of aliphatic hydroxyl groups excluding tert-OH is 1. The van der Waals surface area contributed by atoms with Gasteiger partial charge in [0.25, 0.3) is 0 Å². The van der Waals surface area contributed by atoms with Gasteiger partial charge in [-0.05, 0) is 30.7 Å². The second kappa shape index (κ2) is 7.41. The number of hydrogen-bond donors (Lipinski definition) is 1. The summed E-state index contributed by atoms with van der Waals surface area (Å²) in [6.45, 7) is 2.79. The van der Waals surface area contributed by atoms with Crippen molar-refractivity contribution in [3.05, 3.63) is 29.3 Å². The fourth-order valence-electron chi connectivity index (χ4n) is 2.44. The minimum absolute atomic E-state index is 0.00829. The molecule has 0 amide bonds. The summed E-state index contributed by atoms with van der Waals surface area (Å²) in [5.74, 6) is 1.00. The van der Waals surface area contributed by atoms with E-state index in [9.17, 15) is 13.5 Å². The van der Waals surface area contributed by atoms with Gasteiger partial charge in [0, 0.05) is 32.7 Å². The van der Waals surface area contributed by atoms with Crippen molar-refractivity contribution in [2.75, 3.05) is 39.5 Å². The number of aliphatic hydroxyl groups is 1. The fraction of sp³-hybridized carbons (Fsp3) is 0.600. The van der Waals surface area contributed by atoms with Crippen LogP contribution in [-0.2, 0) is 23.2 Å². The summed E-state index contributed by atoms with van der Waals surface area (Å²) in [6.07, 6.45) is 0.593. The van der Waals surface area contributed by atoms with Crippen LogP contribution in [0.3, 0.4) is 0 Å². The zero-order chi connectivity index (χ0) is 16.2. The highest BCUT2D eigenvalue weighted by molar-refractivity contribution is 7.89. The van der Waals surface area contributed by atoms with Crippen LogP contribution in [0.15, 0.2) is 18.2 Å². The predicted octanol–water partition coefficient (Wildman–Crippen LogP) is 0.655. The quantitative estimate of drug-likeness (QED) is 0.830. The molecule has 0 spiro atoms. The first-order valence-electron chi connectivity index (χ1n) is 7.40. The van der Waals surface area contributed by atoms with Crippen LogP contribution in [0, 0.1) is 0 Å². The van der Waals surface area contributed by atoms with Crippen molar-refractivity contribution in [3.63, 3.8) is 0 Å². The lowest BCUT2D eigenvalue weighted by atomic mass is 10.1. The van der Waals surface area contributed by atoms with E-state index in [1.54, 1.807) is 14.1 Å². The van der Waals surface area contributed by atoms with Crippen LogP contribution in [0.25, 0.3) is 0 Å². The van der Waals surface area contributed by atoms with Gasteiger partial charge < -0.3 is 9.84 Å². The molecule has 1 aromatic rings. The molecule has 0 atom stereocenters. The lowest BCUT2D eigenvalue weighted by Gasteiger charge is -2.20. The largest absolute Gasteiger partial charge is 0.492 e. The van der Waals surface area contributed by atoms with Gasteiger partial charge in [0.15, 0.2) is 0 Å². The van der Waals surface area contributed by atoms with E-state index in [0.29, 0.717) is 26.1 Å². The number of ether oxygens (including phenoxy) is 1. The molecule has 0 radical (unpaired) electrons. The molecule has 124 valence electrons. The van der Waals surface area contributed by atoms with Crippen molar-refractivity contribution in [3.8, 4) is 5.75 Å². The van der Waals surface area contributed by atoms with E-state index >= 15 is 0 Å². The molecule has 0 bridgehead atoms. The normalized spacial score (nSPS) is 16.2. The van der Waals surface area contributed by atoms with E-state index in [1.165, 1.54) is 4.31 Å². The van der Waals surface area contributed by atoms with E-state index < -0.39 is 10.0 Å². The Kier molecular flexibility index (Phi) is 5.80. The van der Waals surface area contributed by atoms with Crippen molar-refractivity contribution >= 4 is 10.0 Å². The molecule has 0 saturated heterocycles. The number of sulfonamides is 1. The SMILES string of the molecule is CN(C)S(=O)(=O)CCCN1CCOc2ccc(CO)cc2C1. The van der Waals surface area contributed by atoms with Gasteiger partial charge in [-0.3, -0.25) is 4.90 Å². The summed E-state index contributed by atoms with van der Waals surface area (Å²) in [6, 6.07) is 5.70. The van der Waals surface area contributed by atoms with E-state index in [2.05, 4.69) is 4.90 Å².